The first-order valence-electron chi connectivity index (χ1n) is 8.04. The molecule has 0 saturated carbocycles. The summed E-state index contributed by atoms with van der Waals surface area (Å²) >= 11 is 3.05. The number of aromatic nitrogens is 2. The van der Waals surface area contributed by atoms with Crippen LogP contribution in [0.3, 0.4) is 0 Å². The summed E-state index contributed by atoms with van der Waals surface area (Å²) in [5.74, 6) is 1.48. The third-order valence-electron chi connectivity index (χ3n) is 3.22. The number of amides is 2. The molecule has 0 aliphatic carbocycles. The van der Waals surface area contributed by atoms with Gasteiger partial charge in [-0.25, -0.2) is 4.79 Å². The molecule has 2 aromatic carbocycles. The van der Waals surface area contributed by atoms with Crippen molar-refractivity contribution in [3.8, 4) is 5.75 Å². The van der Waals surface area contributed by atoms with Crippen molar-refractivity contribution in [2.75, 3.05) is 17.2 Å². The summed E-state index contributed by atoms with van der Waals surface area (Å²) in [5.41, 5.74) is 0.676. The van der Waals surface area contributed by atoms with Crippen molar-refractivity contribution >= 4 is 39.9 Å². The maximum absolute atomic E-state index is 12.1. The van der Waals surface area contributed by atoms with Gasteiger partial charge < -0.3 is 10.1 Å². The van der Waals surface area contributed by atoms with Gasteiger partial charge in [-0.05, 0) is 43.3 Å². The van der Waals surface area contributed by atoms with Crippen LogP contribution in [0.4, 0.5) is 15.6 Å². The molecule has 1 heterocycles. The van der Waals surface area contributed by atoms with Crippen LogP contribution in [-0.2, 0) is 5.75 Å². The number of anilines is 2. The lowest BCUT2D eigenvalue weighted by Crippen LogP contribution is -2.19. The Balaban J connectivity index is 1.49. The topological polar surface area (TPSA) is 76.1 Å². The van der Waals surface area contributed by atoms with Crippen molar-refractivity contribution in [2.45, 2.75) is 17.6 Å². The molecule has 6 nitrogen and oxygen atoms in total. The largest absolute Gasteiger partial charge is 0.494 e. The highest BCUT2D eigenvalue weighted by Gasteiger charge is 2.09. The predicted molar refractivity (Wildman–Crippen MR) is 106 cm³/mol. The number of nitrogens with zero attached hydrogens (tertiary/aromatic N) is 2. The first kappa shape index (κ1) is 18.2. The quantitative estimate of drug-likeness (QED) is 0.566. The minimum atomic E-state index is -0.354. The average Bonchev–Trinajstić information content (AvgIpc) is 3.10. The van der Waals surface area contributed by atoms with E-state index in [1.165, 1.54) is 16.2 Å². The first-order valence-corrected chi connectivity index (χ1v) is 9.84. The summed E-state index contributed by atoms with van der Waals surface area (Å²) in [6.45, 7) is 2.53. The van der Waals surface area contributed by atoms with Crippen LogP contribution in [0.25, 0.3) is 0 Å². The molecule has 0 unspecified atom stereocenters. The molecular weight excluding hydrogens is 368 g/mol. The van der Waals surface area contributed by atoms with Gasteiger partial charge in [0.2, 0.25) is 5.13 Å². The third-order valence-corrected chi connectivity index (χ3v) is 5.26. The van der Waals surface area contributed by atoms with Gasteiger partial charge in [-0.15, -0.1) is 22.0 Å². The smallest absolute Gasteiger partial charge is 0.325 e. The van der Waals surface area contributed by atoms with Crippen LogP contribution in [0, 0.1) is 0 Å². The fourth-order valence-electron chi connectivity index (χ4n) is 2.08. The van der Waals surface area contributed by atoms with Gasteiger partial charge in [0, 0.05) is 10.6 Å². The van der Waals surface area contributed by atoms with E-state index in [4.69, 9.17) is 4.74 Å². The molecule has 0 fully saturated rings. The standard InChI is InChI=1S/C18H18N4O2S2/c1-2-24-14-10-8-13(9-11-14)19-17(23)20-18-22-21-16(26-18)12-25-15-6-4-3-5-7-15/h3-11H,2,12H2,1H3,(H2,19,20,22,23). The number of rotatable bonds is 7. The predicted octanol–water partition coefficient (Wildman–Crippen LogP) is 4.87. The molecule has 0 bridgehead atoms. The summed E-state index contributed by atoms with van der Waals surface area (Å²) in [6.07, 6.45) is 0. The van der Waals surface area contributed by atoms with Gasteiger partial charge in [0.05, 0.1) is 12.4 Å². The Morgan fingerprint density at radius 3 is 2.58 bits per heavy atom. The SMILES string of the molecule is CCOc1ccc(NC(=O)Nc2nnc(CSc3ccccc3)s2)cc1. The number of hydrogen-bond donors (Lipinski definition) is 2. The van der Waals surface area contributed by atoms with Gasteiger partial charge in [0.1, 0.15) is 10.8 Å². The molecule has 3 aromatic rings. The second-order valence-corrected chi connectivity index (χ2v) is 7.25. The Bertz CT molecular complexity index is 838. The van der Waals surface area contributed by atoms with Gasteiger partial charge >= 0.3 is 6.03 Å². The van der Waals surface area contributed by atoms with Crippen molar-refractivity contribution in [1.29, 1.82) is 0 Å². The first-order chi connectivity index (χ1) is 12.7. The van der Waals surface area contributed by atoms with Crippen LogP contribution >= 0.6 is 23.1 Å². The molecule has 0 spiro atoms. The van der Waals surface area contributed by atoms with Crippen LogP contribution in [0.15, 0.2) is 59.5 Å². The van der Waals surface area contributed by atoms with Gasteiger partial charge in [-0.3, -0.25) is 5.32 Å². The van der Waals surface area contributed by atoms with Gasteiger partial charge in [-0.1, -0.05) is 29.5 Å². The van der Waals surface area contributed by atoms with Crippen molar-refractivity contribution < 1.29 is 9.53 Å². The summed E-state index contributed by atoms with van der Waals surface area (Å²) in [4.78, 5) is 13.2. The average molecular weight is 387 g/mol. The molecule has 134 valence electrons. The van der Waals surface area contributed by atoms with Crippen LogP contribution in [0.5, 0.6) is 5.75 Å². The van der Waals surface area contributed by atoms with Crippen molar-refractivity contribution in [2.24, 2.45) is 0 Å². The molecule has 2 N–H and O–H groups in total. The number of thioether (sulfide) groups is 1. The highest BCUT2D eigenvalue weighted by Crippen LogP contribution is 2.25. The summed E-state index contributed by atoms with van der Waals surface area (Å²) in [5, 5.41) is 14.9. The highest BCUT2D eigenvalue weighted by atomic mass is 32.2. The van der Waals surface area contributed by atoms with Crippen LogP contribution in [0.2, 0.25) is 0 Å². The number of nitrogens with one attached hydrogen (secondary N) is 2. The molecule has 0 aliphatic heterocycles. The van der Waals surface area contributed by atoms with Crippen LogP contribution < -0.4 is 15.4 Å². The van der Waals surface area contributed by atoms with Gasteiger partial charge in [0.25, 0.3) is 0 Å². The minimum absolute atomic E-state index is 0.354. The Kier molecular flexibility index (Phi) is 6.45. The van der Waals surface area contributed by atoms with E-state index in [9.17, 15) is 4.79 Å². The van der Waals surface area contributed by atoms with Gasteiger partial charge in [0.15, 0.2) is 0 Å². The van der Waals surface area contributed by atoms with E-state index in [1.54, 1.807) is 23.9 Å². The monoisotopic (exact) mass is 386 g/mol. The van der Waals surface area contributed by atoms with E-state index in [-0.39, 0.29) is 6.03 Å². The number of carbonyl (C=O) groups excluding carboxylic acids is 1. The maximum atomic E-state index is 12.1. The lowest BCUT2D eigenvalue weighted by Gasteiger charge is -2.06. The molecule has 26 heavy (non-hydrogen) atoms. The Morgan fingerprint density at radius 1 is 1.08 bits per heavy atom. The fraction of sp³-hybridized carbons (Fsp3) is 0.167. The Morgan fingerprint density at radius 2 is 1.85 bits per heavy atom. The zero-order chi connectivity index (χ0) is 18.2. The molecule has 0 saturated heterocycles. The molecular formula is C18H18N4O2S2. The number of ether oxygens (including phenoxy) is 1. The van der Waals surface area contributed by atoms with E-state index in [1.807, 2.05) is 37.3 Å². The lowest BCUT2D eigenvalue weighted by atomic mass is 10.3. The number of benzene rings is 2. The summed E-state index contributed by atoms with van der Waals surface area (Å²) < 4.78 is 5.37. The molecule has 1 aromatic heterocycles. The normalized spacial score (nSPS) is 10.3. The molecule has 0 aliphatic rings. The maximum Gasteiger partial charge on any atom is 0.325 e. The fourth-order valence-corrected chi connectivity index (χ4v) is 3.73. The Hall–Kier alpha value is -2.58. The van der Waals surface area contributed by atoms with Crippen LogP contribution in [0.1, 0.15) is 11.9 Å². The van der Waals surface area contributed by atoms with E-state index in [0.29, 0.717) is 23.2 Å². The van der Waals surface area contributed by atoms with Crippen LogP contribution in [-0.4, -0.2) is 22.8 Å². The second-order valence-electron chi connectivity index (χ2n) is 5.14. The van der Waals surface area contributed by atoms with E-state index in [0.717, 1.165) is 10.8 Å². The van der Waals surface area contributed by atoms with Gasteiger partial charge in [-0.2, -0.15) is 0 Å². The van der Waals surface area contributed by atoms with E-state index < -0.39 is 0 Å². The number of carbonyl (C=O) groups is 1. The zero-order valence-corrected chi connectivity index (χ0v) is 15.8. The second kappa shape index (κ2) is 9.21. The van der Waals surface area contributed by atoms with Crippen molar-refractivity contribution in [3.05, 3.63) is 59.6 Å². The molecule has 0 atom stereocenters. The molecule has 8 heteroatoms. The molecule has 2 amide bonds. The molecule has 3 rings (SSSR count). The summed E-state index contributed by atoms with van der Waals surface area (Å²) in [7, 11) is 0. The number of hydrogen-bond acceptors (Lipinski definition) is 6. The lowest BCUT2D eigenvalue weighted by molar-refractivity contribution is 0.262. The van der Waals surface area contributed by atoms with E-state index >= 15 is 0 Å². The van der Waals surface area contributed by atoms with Crippen molar-refractivity contribution in [1.82, 2.24) is 10.2 Å². The Labute approximate surface area is 160 Å². The number of urea groups is 1. The van der Waals surface area contributed by atoms with Crippen molar-refractivity contribution in [3.63, 3.8) is 0 Å². The zero-order valence-electron chi connectivity index (χ0n) is 14.1. The summed E-state index contributed by atoms with van der Waals surface area (Å²) in [6, 6.07) is 16.9. The van der Waals surface area contributed by atoms with E-state index in [2.05, 4.69) is 33.0 Å². The highest BCUT2D eigenvalue weighted by molar-refractivity contribution is 7.98. The molecule has 0 radical (unpaired) electrons. The minimum Gasteiger partial charge on any atom is -0.494 e. The third kappa shape index (κ3) is 5.47.